The largest absolute Gasteiger partial charge is 0.478 e. The number of rotatable bonds is 3. The van der Waals surface area contributed by atoms with Gasteiger partial charge in [-0.3, -0.25) is 9.78 Å². The molecule has 0 spiro atoms. The lowest BCUT2D eigenvalue weighted by Crippen LogP contribution is -2.13. The summed E-state index contributed by atoms with van der Waals surface area (Å²) in [6.45, 7) is 0.655. The highest BCUT2D eigenvalue weighted by Crippen LogP contribution is 2.27. The molecule has 1 fully saturated rings. The molecule has 1 atom stereocenters. The summed E-state index contributed by atoms with van der Waals surface area (Å²) in [5.41, 5.74) is 2.47. The maximum absolute atomic E-state index is 11.2. The SMILES string of the molecule is O=C1CC(c2ccc(-c3ncccc3C(=O)O)cc2)CN1. The first-order chi connectivity index (χ1) is 10.1. The Labute approximate surface area is 121 Å². The maximum Gasteiger partial charge on any atom is 0.337 e. The van der Waals surface area contributed by atoms with E-state index in [0.29, 0.717) is 18.7 Å². The van der Waals surface area contributed by atoms with Crippen LogP contribution in [0.3, 0.4) is 0 Å². The van der Waals surface area contributed by atoms with Gasteiger partial charge in [-0.15, -0.1) is 0 Å². The van der Waals surface area contributed by atoms with Gasteiger partial charge in [0.05, 0.1) is 11.3 Å². The molecule has 1 aliphatic rings. The van der Waals surface area contributed by atoms with E-state index < -0.39 is 5.97 Å². The molecule has 2 heterocycles. The van der Waals surface area contributed by atoms with Gasteiger partial charge in [-0.25, -0.2) is 4.79 Å². The number of nitrogens with zero attached hydrogens (tertiary/aromatic N) is 1. The minimum atomic E-state index is -0.993. The van der Waals surface area contributed by atoms with Gasteiger partial charge < -0.3 is 10.4 Å². The van der Waals surface area contributed by atoms with Gasteiger partial charge in [0, 0.05) is 30.6 Å². The summed E-state index contributed by atoms with van der Waals surface area (Å²) in [4.78, 5) is 26.6. The summed E-state index contributed by atoms with van der Waals surface area (Å²) in [6, 6.07) is 10.7. The molecule has 21 heavy (non-hydrogen) atoms. The molecule has 1 aromatic carbocycles. The van der Waals surface area contributed by atoms with Crippen molar-refractivity contribution in [2.24, 2.45) is 0 Å². The molecule has 106 valence electrons. The van der Waals surface area contributed by atoms with E-state index in [1.165, 1.54) is 6.07 Å². The van der Waals surface area contributed by atoms with Gasteiger partial charge in [0.15, 0.2) is 0 Å². The van der Waals surface area contributed by atoms with Crippen molar-refractivity contribution in [1.82, 2.24) is 10.3 Å². The van der Waals surface area contributed by atoms with Crippen LogP contribution in [0.25, 0.3) is 11.3 Å². The minimum absolute atomic E-state index is 0.0713. The summed E-state index contributed by atoms with van der Waals surface area (Å²) in [5.74, 6) is -0.732. The predicted molar refractivity (Wildman–Crippen MR) is 77.0 cm³/mol. The Kier molecular flexibility index (Phi) is 3.39. The molecule has 2 N–H and O–H groups in total. The topological polar surface area (TPSA) is 79.3 Å². The molecule has 1 saturated heterocycles. The normalized spacial score (nSPS) is 17.5. The summed E-state index contributed by atoms with van der Waals surface area (Å²) >= 11 is 0. The van der Waals surface area contributed by atoms with Gasteiger partial charge >= 0.3 is 5.97 Å². The first kappa shape index (κ1) is 13.3. The van der Waals surface area contributed by atoms with Crippen LogP contribution in [0.15, 0.2) is 42.6 Å². The Bertz CT molecular complexity index is 695. The monoisotopic (exact) mass is 282 g/mol. The Morgan fingerprint density at radius 3 is 2.62 bits per heavy atom. The van der Waals surface area contributed by atoms with Gasteiger partial charge in [0.2, 0.25) is 5.91 Å². The summed E-state index contributed by atoms with van der Waals surface area (Å²) < 4.78 is 0. The van der Waals surface area contributed by atoms with E-state index in [2.05, 4.69) is 10.3 Å². The zero-order valence-corrected chi connectivity index (χ0v) is 11.2. The van der Waals surface area contributed by atoms with Crippen LogP contribution in [0.4, 0.5) is 0 Å². The van der Waals surface area contributed by atoms with Crippen LogP contribution >= 0.6 is 0 Å². The summed E-state index contributed by atoms with van der Waals surface area (Å²) in [6.07, 6.45) is 2.08. The van der Waals surface area contributed by atoms with Crippen LogP contribution in [0.1, 0.15) is 28.3 Å². The molecule has 2 aromatic rings. The van der Waals surface area contributed by atoms with Crippen molar-refractivity contribution in [2.75, 3.05) is 6.54 Å². The average Bonchev–Trinajstić information content (AvgIpc) is 2.94. The molecule has 5 heteroatoms. The number of carboxylic acid groups (broad SMARTS) is 1. The predicted octanol–water partition coefficient (Wildman–Crippen LogP) is 2.05. The molecule has 1 aromatic heterocycles. The van der Waals surface area contributed by atoms with Gasteiger partial charge in [-0.1, -0.05) is 24.3 Å². The lowest BCUT2D eigenvalue weighted by molar-refractivity contribution is -0.119. The van der Waals surface area contributed by atoms with Crippen LogP contribution in [0.2, 0.25) is 0 Å². The zero-order valence-electron chi connectivity index (χ0n) is 11.2. The van der Waals surface area contributed by atoms with Crippen molar-refractivity contribution < 1.29 is 14.7 Å². The fourth-order valence-corrected chi connectivity index (χ4v) is 2.56. The zero-order chi connectivity index (χ0) is 14.8. The van der Waals surface area contributed by atoms with Gasteiger partial charge in [0.1, 0.15) is 0 Å². The average molecular weight is 282 g/mol. The molecule has 1 unspecified atom stereocenters. The Hall–Kier alpha value is -2.69. The summed E-state index contributed by atoms with van der Waals surface area (Å²) in [5, 5.41) is 12.0. The van der Waals surface area contributed by atoms with Crippen molar-refractivity contribution in [2.45, 2.75) is 12.3 Å². The number of hydrogen-bond acceptors (Lipinski definition) is 3. The van der Waals surface area contributed by atoms with E-state index in [0.717, 1.165) is 11.1 Å². The van der Waals surface area contributed by atoms with Crippen molar-refractivity contribution >= 4 is 11.9 Å². The molecule has 0 bridgehead atoms. The van der Waals surface area contributed by atoms with E-state index in [-0.39, 0.29) is 17.4 Å². The van der Waals surface area contributed by atoms with E-state index in [9.17, 15) is 14.7 Å². The van der Waals surface area contributed by atoms with Crippen molar-refractivity contribution in [3.63, 3.8) is 0 Å². The Balaban J connectivity index is 1.91. The number of carbonyl (C=O) groups excluding carboxylic acids is 1. The van der Waals surface area contributed by atoms with E-state index in [1.54, 1.807) is 12.3 Å². The third-order valence-corrected chi connectivity index (χ3v) is 3.67. The van der Waals surface area contributed by atoms with Crippen molar-refractivity contribution in [3.05, 3.63) is 53.7 Å². The second-order valence-corrected chi connectivity index (χ2v) is 5.03. The molecule has 5 nitrogen and oxygen atoms in total. The molecule has 3 rings (SSSR count). The highest BCUT2D eigenvalue weighted by atomic mass is 16.4. The first-order valence-electron chi connectivity index (χ1n) is 6.70. The fourth-order valence-electron chi connectivity index (χ4n) is 2.56. The second-order valence-electron chi connectivity index (χ2n) is 5.03. The van der Waals surface area contributed by atoms with Crippen LogP contribution in [-0.2, 0) is 4.79 Å². The fraction of sp³-hybridized carbons (Fsp3) is 0.188. The molecule has 1 amide bonds. The molecule has 0 radical (unpaired) electrons. The van der Waals surface area contributed by atoms with Crippen LogP contribution in [0.5, 0.6) is 0 Å². The highest BCUT2D eigenvalue weighted by molar-refractivity contribution is 5.94. The van der Waals surface area contributed by atoms with Crippen LogP contribution in [-0.4, -0.2) is 28.5 Å². The van der Waals surface area contributed by atoms with E-state index in [1.807, 2.05) is 24.3 Å². The number of benzene rings is 1. The third kappa shape index (κ3) is 2.63. The van der Waals surface area contributed by atoms with Crippen molar-refractivity contribution in [1.29, 1.82) is 0 Å². The van der Waals surface area contributed by atoms with Crippen molar-refractivity contribution in [3.8, 4) is 11.3 Å². The van der Waals surface area contributed by atoms with Gasteiger partial charge in [0.25, 0.3) is 0 Å². The quantitative estimate of drug-likeness (QED) is 0.903. The van der Waals surface area contributed by atoms with E-state index in [4.69, 9.17) is 0 Å². The Morgan fingerprint density at radius 2 is 2.00 bits per heavy atom. The van der Waals surface area contributed by atoms with E-state index >= 15 is 0 Å². The smallest absolute Gasteiger partial charge is 0.337 e. The number of aromatic carboxylic acids is 1. The third-order valence-electron chi connectivity index (χ3n) is 3.67. The van der Waals surface area contributed by atoms with Crippen LogP contribution < -0.4 is 5.32 Å². The summed E-state index contributed by atoms with van der Waals surface area (Å²) in [7, 11) is 0. The molecular weight excluding hydrogens is 268 g/mol. The first-order valence-corrected chi connectivity index (χ1v) is 6.70. The maximum atomic E-state index is 11.2. The molecule has 1 aliphatic heterocycles. The van der Waals surface area contributed by atoms with Gasteiger partial charge in [-0.05, 0) is 17.7 Å². The number of carboxylic acids is 1. The lowest BCUT2D eigenvalue weighted by atomic mass is 9.96. The minimum Gasteiger partial charge on any atom is -0.478 e. The highest BCUT2D eigenvalue weighted by Gasteiger charge is 2.23. The number of pyridine rings is 1. The standard InChI is InChI=1S/C16H14N2O3/c19-14-8-12(9-18-14)10-3-5-11(6-4-10)15-13(16(20)21)2-1-7-17-15/h1-7,12H,8-9H2,(H,18,19)(H,20,21). The number of aromatic nitrogens is 1. The number of carbonyl (C=O) groups is 2. The lowest BCUT2D eigenvalue weighted by Gasteiger charge is -2.09. The Morgan fingerprint density at radius 1 is 1.24 bits per heavy atom. The molecule has 0 saturated carbocycles. The number of amides is 1. The molecular formula is C16H14N2O3. The second kappa shape index (κ2) is 5.36. The number of hydrogen-bond donors (Lipinski definition) is 2. The molecule has 0 aliphatic carbocycles. The van der Waals surface area contributed by atoms with Gasteiger partial charge in [-0.2, -0.15) is 0 Å². The van der Waals surface area contributed by atoms with Crippen LogP contribution in [0, 0.1) is 0 Å². The number of nitrogens with one attached hydrogen (secondary N) is 1.